The first-order chi connectivity index (χ1) is 13.6. The maximum atomic E-state index is 15.3. The topological polar surface area (TPSA) is 28.6 Å². The molecule has 0 atom stereocenters. The van der Waals surface area contributed by atoms with Gasteiger partial charge in [-0.1, -0.05) is 32.9 Å². The predicted octanol–water partition coefficient (Wildman–Crippen LogP) is 5.38. The molecular formula is C23H34FN3OSi. The van der Waals surface area contributed by atoms with E-state index in [-0.39, 0.29) is 10.9 Å². The first kappa shape index (κ1) is 21.8. The molecule has 1 saturated heterocycles. The average Bonchev–Trinajstić information content (AvgIpc) is 2.66. The third-order valence-corrected chi connectivity index (χ3v) is 10.8. The van der Waals surface area contributed by atoms with Crippen LogP contribution in [0.1, 0.15) is 31.9 Å². The monoisotopic (exact) mass is 415 g/mol. The minimum absolute atomic E-state index is 0.112. The maximum absolute atomic E-state index is 15.3. The second kappa shape index (κ2) is 8.44. The fraction of sp³-hybridized carbons (Fsp3) is 0.522. The van der Waals surface area contributed by atoms with Crippen molar-refractivity contribution in [1.82, 2.24) is 4.98 Å². The summed E-state index contributed by atoms with van der Waals surface area (Å²) >= 11 is 0. The third kappa shape index (κ3) is 4.98. The van der Waals surface area contributed by atoms with E-state index >= 15 is 4.39 Å². The number of rotatable bonds is 5. The summed E-state index contributed by atoms with van der Waals surface area (Å²) in [6.07, 6.45) is 1.85. The van der Waals surface area contributed by atoms with E-state index in [0.717, 1.165) is 32.0 Å². The molecule has 1 aromatic heterocycles. The largest absolute Gasteiger partial charge is 0.412 e. The van der Waals surface area contributed by atoms with Crippen LogP contribution in [-0.4, -0.2) is 39.5 Å². The van der Waals surface area contributed by atoms with Crippen molar-refractivity contribution >= 4 is 19.8 Å². The van der Waals surface area contributed by atoms with Crippen molar-refractivity contribution in [3.63, 3.8) is 0 Å². The molecule has 3 rings (SSSR count). The number of halogens is 1. The Morgan fingerprint density at radius 2 is 1.72 bits per heavy atom. The van der Waals surface area contributed by atoms with Crippen LogP contribution in [0.5, 0.6) is 0 Å². The highest BCUT2D eigenvalue weighted by atomic mass is 28.4. The fourth-order valence-electron chi connectivity index (χ4n) is 3.27. The highest BCUT2D eigenvalue weighted by Gasteiger charge is 2.37. The van der Waals surface area contributed by atoms with Gasteiger partial charge in [0.05, 0.1) is 12.3 Å². The van der Waals surface area contributed by atoms with Crippen molar-refractivity contribution < 1.29 is 8.82 Å². The van der Waals surface area contributed by atoms with Crippen LogP contribution in [0.4, 0.5) is 15.9 Å². The molecule has 29 heavy (non-hydrogen) atoms. The number of nitrogens with zero attached hydrogens (tertiary/aromatic N) is 3. The van der Waals surface area contributed by atoms with Gasteiger partial charge < -0.3 is 14.2 Å². The Morgan fingerprint density at radius 3 is 2.34 bits per heavy atom. The van der Waals surface area contributed by atoms with Gasteiger partial charge in [-0.2, -0.15) is 0 Å². The van der Waals surface area contributed by atoms with Crippen LogP contribution in [0, 0.1) is 12.7 Å². The Balaban J connectivity index is 1.67. The van der Waals surface area contributed by atoms with Crippen molar-refractivity contribution in [3.8, 4) is 0 Å². The SMILES string of the molecule is Cc1ccnc(N2CCN(c3cccc(CO[Si](C)(C)C(C)(C)C)c3F)CC2)c1. The van der Waals surface area contributed by atoms with Crippen molar-refractivity contribution in [1.29, 1.82) is 0 Å². The lowest BCUT2D eigenvalue weighted by atomic mass is 10.1. The van der Waals surface area contributed by atoms with Gasteiger partial charge in [-0.3, -0.25) is 0 Å². The number of hydrogen-bond donors (Lipinski definition) is 0. The van der Waals surface area contributed by atoms with E-state index in [1.54, 1.807) is 0 Å². The second-order valence-electron chi connectivity index (χ2n) is 9.46. The van der Waals surface area contributed by atoms with Crippen molar-refractivity contribution in [2.24, 2.45) is 0 Å². The number of aromatic nitrogens is 1. The minimum atomic E-state index is -1.91. The van der Waals surface area contributed by atoms with Crippen LogP contribution in [0.3, 0.4) is 0 Å². The van der Waals surface area contributed by atoms with Crippen molar-refractivity contribution in [2.75, 3.05) is 36.0 Å². The van der Waals surface area contributed by atoms with Crippen LogP contribution < -0.4 is 9.80 Å². The number of piperazine rings is 1. The summed E-state index contributed by atoms with van der Waals surface area (Å²) in [6, 6.07) is 9.78. The van der Waals surface area contributed by atoms with E-state index in [1.807, 2.05) is 30.5 Å². The zero-order chi connectivity index (χ0) is 21.2. The molecule has 0 amide bonds. The number of benzene rings is 1. The van der Waals surface area contributed by atoms with Gasteiger partial charge in [0.25, 0.3) is 0 Å². The van der Waals surface area contributed by atoms with Gasteiger partial charge in [0.1, 0.15) is 5.82 Å². The Morgan fingerprint density at radius 1 is 1.07 bits per heavy atom. The van der Waals surface area contributed by atoms with Crippen molar-refractivity contribution in [2.45, 2.75) is 52.4 Å². The first-order valence-corrected chi connectivity index (χ1v) is 13.3. The molecule has 0 radical (unpaired) electrons. The maximum Gasteiger partial charge on any atom is 0.192 e. The number of aryl methyl sites for hydroxylation is 1. The quantitative estimate of drug-likeness (QED) is 0.613. The van der Waals surface area contributed by atoms with Gasteiger partial charge >= 0.3 is 0 Å². The van der Waals surface area contributed by atoms with E-state index < -0.39 is 8.32 Å². The zero-order valence-corrected chi connectivity index (χ0v) is 19.6. The number of hydrogen-bond acceptors (Lipinski definition) is 4. The Labute approximate surface area is 175 Å². The van der Waals surface area contributed by atoms with Crippen LogP contribution in [0.15, 0.2) is 36.5 Å². The molecule has 0 N–H and O–H groups in total. The third-order valence-electron chi connectivity index (χ3n) is 6.30. The second-order valence-corrected chi connectivity index (χ2v) is 14.3. The molecule has 4 nitrogen and oxygen atoms in total. The standard InChI is InChI=1S/C23H34FN3OSi/c1-18-10-11-25-21(16-18)27-14-12-26(13-15-27)20-9-7-8-19(22(20)24)17-28-29(5,6)23(2,3)4/h7-11,16H,12-15,17H2,1-6H3. The van der Waals surface area contributed by atoms with E-state index in [1.165, 1.54) is 5.56 Å². The summed E-state index contributed by atoms with van der Waals surface area (Å²) in [4.78, 5) is 8.89. The molecule has 0 aliphatic carbocycles. The summed E-state index contributed by atoms with van der Waals surface area (Å²) in [6.45, 7) is 16.6. The lowest BCUT2D eigenvalue weighted by Gasteiger charge is -2.37. The molecule has 1 aliphatic rings. The summed E-state index contributed by atoms with van der Waals surface area (Å²) < 4.78 is 21.5. The van der Waals surface area contributed by atoms with E-state index in [2.05, 4.69) is 61.6 Å². The Bertz CT molecular complexity index is 842. The molecule has 0 saturated carbocycles. The molecule has 158 valence electrons. The Hall–Kier alpha value is -1.92. The van der Waals surface area contributed by atoms with Gasteiger partial charge in [0.15, 0.2) is 14.1 Å². The van der Waals surface area contributed by atoms with Gasteiger partial charge in [0.2, 0.25) is 0 Å². The van der Waals surface area contributed by atoms with Gasteiger partial charge in [0, 0.05) is 37.9 Å². The minimum Gasteiger partial charge on any atom is -0.412 e. The zero-order valence-electron chi connectivity index (χ0n) is 18.6. The molecule has 1 fully saturated rings. The van der Waals surface area contributed by atoms with E-state index in [4.69, 9.17) is 4.43 Å². The number of pyridine rings is 1. The predicted molar refractivity (Wildman–Crippen MR) is 122 cm³/mol. The van der Waals surface area contributed by atoms with Gasteiger partial charge in [-0.05, 0) is 48.8 Å². The van der Waals surface area contributed by atoms with Crippen LogP contribution in [0.2, 0.25) is 18.1 Å². The molecule has 2 heterocycles. The van der Waals surface area contributed by atoms with Gasteiger partial charge in [-0.15, -0.1) is 0 Å². The lowest BCUT2D eigenvalue weighted by molar-refractivity contribution is 0.271. The van der Waals surface area contributed by atoms with E-state index in [0.29, 0.717) is 17.9 Å². The molecule has 1 aromatic carbocycles. The molecular weight excluding hydrogens is 381 g/mol. The first-order valence-electron chi connectivity index (χ1n) is 10.4. The molecule has 6 heteroatoms. The van der Waals surface area contributed by atoms with E-state index in [9.17, 15) is 0 Å². The molecule has 0 unspecified atom stereocenters. The van der Waals surface area contributed by atoms with Crippen LogP contribution >= 0.6 is 0 Å². The summed E-state index contributed by atoms with van der Waals surface area (Å²) in [7, 11) is -1.91. The van der Waals surface area contributed by atoms with Crippen LogP contribution in [-0.2, 0) is 11.0 Å². The number of anilines is 2. The Kier molecular flexibility index (Phi) is 6.34. The highest BCUT2D eigenvalue weighted by Crippen LogP contribution is 2.37. The fourth-order valence-corrected chi connectivity index (χ4v) is 4.22. The normalized spacial score (nSPS) is 15.7. The highest BCUT2D eigenvalue weighted by molar-refractivity contribution is 6.74. The molecule has 2 aromatic rings. The summed E-state index contributed by atoms with van der Waals surface area (Å²) in [5.74, 6) is 0.856. The molecule has 0 spiro atoms. The van der Waals surface area contributed by atoms with Crippen molar-refractivity contribution in [3.05, 3.63) is 53.5 Å². The molecule has 1 aliphatic heterocycles. The van der Waals surface area contributed by atoms with Crippen LogP contribution in [0.25, 0.3) is 0 Å². The average molecular weight is 416 g/mol. The van der Waals surface area contributed by atoms with Gasteiger partial charge in [-0.25, -0.2) is 9.37 Å². The molecule has 0 bridgehead atoms. The summed E-state index contributed by atoms with van der Waals surface area (Å²) in [5, 5.41) is 0.112. The summed E-state index contributed by atoms with van der Waals surface area (Å²) in [5.41, 5.74) is 2.53. The smallest absolute Gasteiger partial charge is 0.192 e. The lowest BCUT2D eigenvalue weighted by Crippen LogP contribution is -2.47.